The zero-order valence-corrected chi connectivity index (χ0v) is 21.2. The van der Waals surface area contributed by atoms with Gasteiger partial charge in [-0.3, -0.25) is 14.0 Å². The van der Waals surface area contributed by atoms with E-state index in [9.17, 15) is 18.7 Å². The molecule has 0 spiro atoms. The van der Waals surface area contributed by atoms with Gasteiger partial charge in [0, 0.05) is 23.2 Å². The zero-order chi connectivity index (χ0) is 27.3. The van der Waals surface area contributed by atoms with Crippen LogP contribution in [0.1, 0.15) is 26.7 Å². The van der Waals surface area contributed by atoms with Crippen molar-refractivity contribution < 1.29 is 18.6 Å². The summed E-state index contributed by atoms with van der Waals surface area (Å²) in [6.45, 7) is 0.745. The molecule has 200 valence electrons. The number of aliphatic hydroxyl groups is 1. The molecule has 1 saturated carbocycles. The van der Waals surface area contributed by atoms with Crippen molar-refractivity contribution in [3.05, 3.63) is 65.2 Å². The molecule has 0 atom stereocenters. The monoisotopic (exact) mass is 533 g/mol. The van der Waals surface area contributed by atoms with Gasteiger partial charge in [-0.15, -0.1) is 0 Å². The Bertz CT molecular complexity index is 1740. The first-order valence-electron chi connectivity index (χ1n) is 12.4. The molecule has 0 saturated heterocycles. The summed E-state index contributed by atoms with van der Waals surface area (Å²) >= 11 is 0. The number of nitrogens with zero attached hydrogens (tertiary/aromatic N) is 6. The second-order valence-electron chi connectivity index (χ2n) is 10.2. The van der Waals surface area contributed by atoms with Gasteiger partial charge in [0.2, 0.25) is 5.95 Å². The van der Waals surface area contributed by atoms with Crippen molar-refractivity contribution in [2.75, 3.05) is 5.32 Å². The molecule has 3 heterocycles. The maximum Gasteiger partial charge on any atom is 0.387 e. The average molecular weight is 534 g/mol. The molecule has 2 N–H and O–H groups in total. The van der Waals surface area contributed by atoms with Gasteiger partial charge < -0.3 is 15.2 Å². The molecule has 0 amide bonds. The lowest BCUT2D eigenvalue weighted by Crippen LogP contribution is -2.26. The number of nitrogens with one attached hydrogen (secondary N) is 1. The zero-order valence-electron chi connectivity index (χ0n) is 21.2. The van der Waals surface area contributed by atoms with Gasteiger partial charge in [0.25, 0.3) is 5.56 Å². The van der Waals surface area contributed by atoms with Crippen LogP contribution in [-0.4, -0.2) is 52.7 Å². The molecule has 5 aromatic rings. The Morgan fingerprint density at radius 1 is 1.13 bits per heavy atom. The maximum absolute atomic E-state index is 13.9. The van der Waals surface area contributed by atoms with Crippen LogP contribution >= 0.6 is 0 Å². The number of hydrogen-bond donors (Lipinski definition) is 2. The maximum atomic E-state index is 13.9. The largest absolute Gasteiger partial charge is 0.435 e. The first-order valence-corrected chi connectivity index (χ1v) is 12.4. The minimum atomic E-state index is -2.96. The fourth-order valence-corrected chi connectivity index (χ4v) is 4.37. The first kappa shape index (κ1) is 24.9. The molecule has 39 heavy (non-hydrogen) atoms. The van der Waals surface area contributed by atoms with E-state index >= 15 is 0 Å². The quantitative estimate of drug-likeness (QED) is 0.305. The molecule has 0 bridgehead atoms. The summed E-state index contributed by atoms with van der Waals surface area (Å²) in [5.41, 5.74) is 1.12. The lowest BCUT2D eigenvalue weighted by Gasteiger charge is -2.16. The minimum Gasteiger partial charge on any atom is -0.435 e. The summed E-state index contributed by atoms with van der Waals surface area (Å²) in [4.78, 5) is 27.5. The predicted molar refractivity (Wildman–Crippen MR) is 141 cm³/mol. The molecule has 1 fully saturated rings. The van der Waals surface area contributed by atoms with Crippen LogP contribution in [0.5, 0.6) is 5.75 Å². The molecule has 2 aromatic carbocycles. The van der Waals surface area contributed by atoms with Gasteiger partial charge >= 0.3 is 6.61 Å². The SMILES string of the molecule is CC(C)(O)Cn1cc2cc(-c3nc4cnc(NC5CC5)nc4n(-c4ccc(OC(F)F)cc4)c3=O)ccc2n1. The van der Waals surface area contributed by atoms with Gasteiger partial charge in [-0.25, -0.2) is 9.97 Å². The van der Waals surface area contributed by atoms with Gasteiger partial charge in [0.15, 0.2) is 5.65 Å². The molecule has 3 aromatic heterocycles. The average Bonchev–Trinajstić information content (AvgIpc) is 3.59. The molecule has 10 nitrogen and oxygen atoms in total. The van der Waals surface area contributed by atoms with Gasteiger partial charge in [-0.05, 0) is 63.1 Å². The van der Waals surface area contributed by atoms with Crippen LogP contribution in [0.15, 0.2) is 59.7 Å². The van der Waals surface area contributed by atoms with Crippen molar-refractivity contribution in [2.45, 2.75) is 51.5 Å². The number of benzene rings is 2. The normalized spacial score (nSPS) is 13.9. The number of anilines is 1. The fraction of sp³-hybridized carbons (Fsp3) is 0.296. The van der Waals surface area contributed by atoms with Crippen LogP contribution in [0.25, 0.3) is 39.0 Å². The van der Waals surface area contributed by atoms with Crippen molar-refractivity contribution in [3.8, 4) is 22.7 Å². The van der Waals surface area contributed by atoms with E-state index in [-0.39, 0.29) is 17.1 Å². The highest BCUT2D eigenvalue weighted by Gasteiger charge is 2.23. The highest BCUT2D eigenvalue weighted by molar-refractivity contribution is 5.85. The summed E-state index contributed by atoms with van der Waals surface area (Å²) in [6, 6.07) is 11.4. The fourth-order valence-electron chi connectivity index (χ4n) is 4.37. The Morgan fingerprint density at radius 2 is 1.90 bits per heavy atom. The van der Waals surface area contributed by atoms with E-state index < -0.39 is 17.8 Å². The molecule has 1 aliphatic carbocycles. The second kappa shape index (κ2) is 9.38. The van der Waals surface area contributed by atoms with Crippen molar-refractivity contribution in [1.82, 2.24) is 29.3 Å². The van der Waals surface area contributed by atoms with E-state index in [1.807, 2.05) is 6.07 Å². The third-order valence-electron chi connectivity index (χ3n) is 6.20. The molecule has 0 aliphatic heterocycles. The minimum absolute atomic E-state index is 0.0281. The molecule has 6 rings (SSSR count). The summed E-state index contributed by atoms with van der Waals surface area (Å²) in [7, 11) is 0. The van der Waals surface area contributed by atoms with Gasteiger partial charge in [-0.1, -0.05) is 6.07 Å². The molecular formula is C27H25F2N7O3. The number of alkyl halides is 2. The summed E-state index contributed by atoms with van der Waals surface area (Å²) < 4.78 is 32.9. The van der Waals surface area contributed by atoms with Crippen molar-refractivity contribution in [2.24, 2.45) is 0 Å². The van der Waals surface area contributed by atoms with Crippen molar-refractivity contribution in [1.29, 1.82) is 0 Å². The Labute approximate surface area is 220 Å². The lowest BCUT2D eigenvalue weighted by molar-refractivity contribution is -0.0498. The van der Waals surface area contributed by atoms with Crippen LogP contribution in [-0.2, 0) is 6.54 Å². The Morgan fingerprint density at radius 3 is 2.59 bits per heavy atom. The molecule has 0 radical (unpaired) electrons. The van der Waals surface area contributed by atoms with Gasteiger partial charge in [0.1, 0.15) is 17.0 Å². The number of halogens is 2. The molecule has 12 heteroatoms. The predicted octanol–water partition coefficient (Wildman–Crippen LogP) is 4.14. The number of fused-ring (bicyclic) bond motifs is 2. The summed E-state index contributed by atoms with van der Waals surface area (Å²) in [5.74, 6) is 0.352. The van der Waals surface area contributed by atoms with Crippen LogP contribution in [0, 0.1) is 0 Å². The van der Waals surface area contributed by atoms with E-state index in [0.717, 1.165) is 18.2 Å². The Hall–Kier alpha value is -4.45. The van der Waals surface area contributed by atoms with E-state index in [0.29, 0.717) is 40.8 Å². The summed E-state index contributed by atoms with van der Waals surface area (Å²) in [6.07, 6.45) is 5.40. The smallest absolute Gasteiger partial charge is 0.387 e. The highest BCUT2D eigenvalue weighted by atomic mass is 19.3. The number of aromatic nitrogens is 6. The van der Waals surface area contributed by atoms with Crippen LogP contribution in [0.3, 0.4) is 0 Å². The van der Waals surface area contributed by atoms with Crippen molar-refractivity contribution >= 4 is 28.0 Å². The second-order valence-corrected chi connectivity index (χ2v) is 10.2. The topological polar surface area (TPSA) is 120 Å². The highest BCUT2D eigenvalue weighted by Crippen LogP contribution is 2.27. The Balaban J connectivity index is 1.49. The molecule has 1 aliphatic rings. The number of ether oxygens (including phenoxy) is 1. The Kier molecular flexibility index (Phi) is 5.98. The third-order valence-corrected chi connectivity index (χ3v) is 6.20. The third kappa shape index (κ3) is 5.28. The van der Waals surface area contributed by atoms with E-state index in [2.05, 4.69) is 30.1 Å². The number of rotatable bonds is 8. The van der Waals surface area contributed by atoms with Gasteiger partial charge in [0.05, 0.1) is 29.5 Å². The summed E-state index contributed by atoms with van der Waals surface area (Å²) in [5, 5.41) is 18.7. The van der Waals surface area contributed by atoms with Crippen LogP contribution in [0.4, 0.5) is 14.7 Å². The van der Waals surface area contributed by atoms with E-state index in [4.69, 9.17) is 0 Å². The standard InChI is InChI=1S/C27H25F2N7O3/c1-27(2,38)14-35-13-16-11-15(3-10-20(16)34-35)22-24(37)36(18-6-8-19(9-7-18)39-25(28)29)23-21(32-22)12-30-26(33-23)31-17-4-5-17/h3,6-13,17,25,38H,4-5,14H2,1-2H3,(H,30,31,33). The van der Waals surface area contributed by atoms with Crippen LogP contribution in [0.2, 0.25) is 0 Å². The number of hydrogen-bond acceptors (Lipinski definition) is 8. The lowest BCUT2D eigenvalue weighted by atomic mass is 10.1. The molecular weight excluding hydrogens is 508 g/mol. The first-order chi connectivity index (χ1) is 18.6. The van der Waals surface area contributed by atoms with Gasteiger partial charge in [-0.2, -0.15) is 18.9 Å². The van der Waals surface area contributed by atoms with E-state index in [1.54, 1.807) is 43.1 Å². The molecule has 0 unspecified atom stereocenters. The van der Waals surface area contributed by atoms with E-state index in [1.165, 1.54) is 28.8 Å². The van der Waals surface area contributed by atoms with Crippen molar-refractivity contribution in [3.63, 3.8) is 0 Å². The van der Waals surface area contributed by atoms with Crippen LogP contribution < -0.4 is 15.6 Å².